The molecule has 0 atom stereocenters. The van der Waals surface area contributed by atoms with Crippen LogP contribution in [0.15, 0.2) is 65.2 Å². The number of amides is 1. The predicted octanol–water partition coefficient (Wildman–Crippen LogP) is 3.02. The summed E-state index contributed by atoms with van der Waals surface area (Å²) in [5, 5.41) is 3.74. The number of carbonyl (C=O) groups excluding carboxylic acids is 1. The van der Waals surface area contributed by atoms with Gasteiger partial charge in [-0.3, -0.25) is 14.2 Å². The van der Waals surface area contributed by atoms with E-state index in [0.29, 0.717) is 22.7 Å². The Bertz CT molecular complexity index is 1030. The number of thioether (sulfide) groups is 1. The largest absolute Gasteiger partial charge is 0.325 e. The summed E-state index contributed by atoms with van der Waals surface area (Å²) in [5.74, 6) is -0.0308. The first-order chi connectivity index (χ1) is 12.6. The highest BCUT2D eigenvalue weighted by Crippen LogP contribution is 2.18. The van der Waals surface area contributed by atoms with Gasteiger partial charge in [0.15, 0.2) is 10.8 Å². The Morgan fingerprint density at radius 3 is 2.96 bits per heavy atom. The van der Waals surface area contributed by atoms with E-state index in [2.05, 4.69) is 21.9 Å². The lowest BCUT2D eigenvalue weighted by molar-refractivity contribution is -0.113. The van der Waals surface area contributed by atoms with E-state index in [1.165, 1.54) is 16.3 Å². The number of anilines is 1. The van der Waals surface area contributed by atoms with Crippen LogP contribution in [0.1, 0.15) is 5.56 Å². The van der Waals surface area contributed by atoms with E-state index in [0.717, 1.165) is 11.3 Å². The molecule has 3 aromatic rings. The molecule has 0 radical (unpaired) electrons. The van der Waals surface area contributed by atoms with Crippen molar-refractivity contribution in [1.82, 2.24) is 14.5 Å². The molecule has 0 saturated carbocycles. The van der Waals surface area contributed by atoms with Crippen LogP contribution in [0.3, 0.4) is 0 Å². The maximum absolute atomic E-state index is 12.6. The van der Waals surface area contributed by atoms with Gasteiger partial charge in [0.2, 0.25) is 5.91 Å². The third kappa shape index (κ3) is 4.00. The molecule has 0 aliphatic rings. The first kappa shape index (κ1) is 17.9. The second-order valence-electron chi connectivity index (χ2n) is 5.68. The van der Waals surface area contributed by atoms with Gasteiger partial charge in [-0.2, -0.15) is 0 Å². The van der Waals surface area contributed by atoms with Crippen molar-refractivity contribution in [2.45, 2.75) is 18.6 Å². The van der Waals surface area contributed by atoms with Crippen molar-refractivity contribution in [1.29, 1.82) is 0 Å². The van der Waals surface area contributed by atoms with Gasteiger partial charge in [-0.15, -0.1) is 6.58 Å². The van der Waals surface area contributed by atoms with Crippen molar-refractivity contribution in [3.05, 3.63) is 71.2 Å². The summed E-state index contributed by atoms with van der Waals surface area (Å²) in [6.07, 6.45) is 3.22. The summed E-state index contributed by atoms with van der Waals surface area (Å²) in [6.45, 7) is 5.97. The molecule has 1 amide bonds. The molecule has 132 valence electrons. The van der Waals surface area contributed by atoms with Gasteiger partial charge in [-0.1, -0.05) is 30.0 Å². The van der Waals surface area contributed by atoms with Gasteiger partial charge in [0.1, 0.15) is 0 Å². The maximum Gasteiger partial charge on any atom is 0.263 e. The summed E-state index contributed by atoms with van der Waals surface area (Å²) in [5.41, 5.74) is 1.99. The highest BCUT2D eigenvalue weighted by atomic mass is 32.2. The first-order valence-corrected chi connectivity index (χ1v) is 9.03. The molecule has 1 N–H and O–H groups in total. The molecule has 0 spiro atoms. The topological polar surface area (TPSA) is 76.9 Å². The zero-order valence-electron chi connectivity index (χ0n) is 14.3. The van der Waals surface area contributed by atoms with Crippen molar-refractivity contribution < 1.29 is 4.79 Å². The number of nitrogens with zero attached hydrogens (tertiary/aromatic N) is 3. The van der Waals surface area contributed by atoms with Gasteiger partial charge in [0.25, 0.3) is 5.56 Å². The van der Waals surface area contributed by atoms with E-state index < -0.39 is 0 Å². The molecule has 0 fully saturated rings. The number of nitrogens with one attached hydrogen (secondary N) is 1. The maximum atomic E-state index is 12.6. The molecular formula is C19H18N4O2S. The first-order valence-electron chi connectivity index (χ1n) is 8.04. The van der Waals surface area contributed by atoms with Crippen molar-refractivity contribution in [2.24, 2.45) is 0 Å². The Labute approximate surface area is 155 Å². The summed E-state index contributed by atoms with van der Waals surface area (Å²) >= 11 is 1.20. The van der Waals surface area contributed by atoms with Crippen LogP contribution >= 0.6 is 11.8 Å². The number of pyridine rings is 1. The normalized spacial score (nSPS) is 10.7. The predicted molar refractivity (Wildman–Crippen MR) is 105 cm³/mol. The number of fused-ring (bicyclic) bond motifs is 1. The number of hydrogen-bond acceptors (Lipinski definition) is 5. The molecule has 2 heterocycles. The fourth-order valence-corrected chi connectivity index (χ4v) is 3.28. The molecule has 0 aliphatic carbocycles. The average Bonchev–Trinajstić information content (AvgIpc) is 2.63. The molecule has 6 nitrogen and oxygen atoms in total. The second-order valence-corrected chi connectivity index (χ2v) is 6.62. The van der Waals surface area contributed by atoms with Gasteiger partial charge < -0.3 is 5.32 Å². The SMILES string of the molecule is C=CCn1c(SCC(=O)Nc2cccc(C)c2)nc2ncccc2c1=O. The van der Waals surface area contributed by atoms with Crippen LogP contribution in [0.2, 0.25) is 0 Å². The smallest absolute Gasteiger partial charge is 0.263 e. The molecule has 0 unspecified atom stereocenters. The third-order valence-electron chi connectivity index (χ3n) is 3.64. The minimum absolute atomic E-state index is 0.135. The molecule has 0 aliphatic heterocycles. The van der Waals surface area contributed by atoms with Crippen LogP contribution < -0.4 is 10.9 Å². The molecular weight excluding hydrogens is 348 g/mol. The lowest BCUT2D eigenvalue weighted by atomic mass is 10.2. The molecule has 0 bridgehead atoms. The fourth-order valence-electron chi connectivity index (χ4n) is 2.49. The van der Waals surface area contributed by atoms with E-state index in [-0.39, 0.29) is 17.2 Å². The second kappa shape index (κ2) is 7.97. The highest BCUT2D eigenvalue weighted by Gasteiger charge is 2.13. The minimum Gasteiger partial charge on any atom is -0.325 e. The average molecular weight is 366 g/mol. The van der Waals surface area contributed by atoms with E-state index in [4.69, 9.17) is 0 Å². The summed E-state index contributed by atoms with van der Waals surface area (Å²) in [7, 11) is 0. The van der Waals surface area contributed by atoms with E-state index in [1.807, 2.05) is 31.2 Å². The Morgan fingerprint density at radius 1 is 1.35 bits per heavy atom. The molecule has 26 heavy (non-hydrogen) atoms. The molecule has 0 saturated heterocycles. The number of rotatable bonds is 6. The van der Waals surface area contributed by atoms with Gasteiger partial charge in [-0.25, -0.2) is 9.97 Å². The van der Waals surface area contributed by atoms with E-state index in [1.54, 1.807) is 24.4 Å². The number of allylic oxidation sites excluding steroid dienone is 1. The van der Waals surface area contributed by atoms with Gasteiger partial charge in [0.05, 0.1) is 11.1 Å². The van der Waals surface area contributed by atoms with Crippen LogP contribution in [0.25, 0.3) is 11.0 Å². The van der Waals surface area contributed by atoms with E-state index >= 15 is 0 Å². The van der Waals surface area contributed by atoms with Crippen LogP contribution in [0.5, 0.6) is 0 Å². The summed E-state index contributed by atoms with van der Waals surface area (Å²) < 4.78 is 1.50. The molecule has 7 heteroatoms. The standard InChI is InChI=1S/C19H18N4O2S/c1-3-10-23-18(25)15-8-5-9-20-17(15)22-19(23)26-12-16(24)21-14-7-4-6-13(2)11-14/h3-9,11H,1,10,12H2,2H3,(H,21,24). The van der Waals surface area contributed by atoms with Crippen molar-refractivity contribution in [2.75, 3.05) is 11.1 Å². The monoisotopic (exact) mass is 366 g/mol. The number of aromatic nitrogens is 3. The van der Waals surface area contributed by atoms with Crippen LogP contribution in [-0.4, -0.2) is 26.2 Å². The number of hydrogen-bond donors (Lipinski definition) is 1. The molecule has 3 rings (SSSR count). The van der Waals surface area contributed by atoms with E-state index in [9.17, 15) is 9.59 Å². The quantitative estimate of drug-likeness (QED) is 0.412. The summed E-state index contributed by atoms with van der Waals surface area (Å²) in [6, 6.07) is 11.0. The van der Waals surface area contributed by atoms with Gasteiger partial charge in [0, 0.05) is 18.4 Å². The zero-order valence-corrected chi connectivity index (χ0v) is 15.1. The Kier molecular flexibility index (Phi) is 5.48. The Balaban J connectivity index is 1.81. The van der Waals surface area contributed by atoms with Crippen molar-refractivity contribution >= 4 is 34.4 Å². The zero-order chi connectivity index (χ0) is 18.5. The Morgan fingerprint density at radius 2 is 2.19 bits per heavy atom. The van der Waals surface area contributed by atoms with Gasteiger partial charge >= 0.3 is 0 Å². The number of benzene rings is 1. The number of aryl methyl sites for hydroxylation is 1. The molecule has 1 aromatic carbocycles. The van der Waals surface area contributed by atoms with Crippen molar-refractivity contribution in [3.63, 3.8) is 0 Å². The van der Waals surface area contributed by atoms with Crippen LogP contribution in [0.4, 0.5) is 5.69 Å². The highest BCUT2D eigenvalue weighted by molar-refractivity contribution is 7.99. The van der Waals surface area contributed by atoms with Crippen LogP contribution in [-0.2, 0) is 11.3 Å². The lowest BCUT2D eigenvalue weighted by Crippen LogP contribution is -2.24. The third-order valence-corrected chi connectivity index (χ3v) is 4.62. The fraction of sp³-hybridized carbons (Fsp3) is 0.158. The summed E-state index contributed by atoms with van der Waals surface area (Å²) in [4.78, 5) is 33.4. The Hall–Kier alpha value is -2.93. The van der Waals surface area contributed by atoms with Crippen LogP contribution in [0, 0.1) is 6.92 Å². The molecule has 2 aromatic heterocycles. The van der Waals surface area contributed by atoms with Gasteiger partial charge in [-0.05, 0) is 36.8 Å². The van der Waals surface area contributed by atoms with Crippen molar-refractivity contribution in [3.8, 4) is 0 Å². The minimum atomic E-state index is -0.190. The lowest BCUT2D eigenvalue weighted by Gasteiger charge is -2.11. The number of carbonyl (C=O) groups is 1.